The van der Waals surface area contributed by atoms with Gasteiger partial charge in [0.1, 0.15) is 22.3 Å². The van der Waals surface area contributed by atoms with Crippen molar-refractivity contribution in [3.63, 3.8) is 0 Å². The Labute approximate surface area is 210 Å². The van der Waals surface area contributed by atoms with Gasteiger partial charge in [-0.1, -0.05) is 37.6 Å². The van der Waals surface area contributed by atoms with Crippen LogP contribution in [0.15, 0.2) is 51.8 Å². The van der Waals surface area contributed by atoms with Crippen molar-refractivity contribution in [2.45, 2.75) is 63.4 Å². The summed E-state index contributed by atoms with van der Waals surface area (Å²) in [4.78, 5) is 39.1. The highest BCUT2D eigenvalue weighted by Crippen LogP contribution is 2.42. The lowest BCUT2D eigenvalue weighted by atomic mass is 9.63. The maximum atomic E-state index is 13.7. The van der Waals surface area contributed by atoms with Gasteiger partial charge >= 0.3 is 6.09 Å². The van der Waals surface area contributed by atoms with E-state index in [9.17, 15) is 22.8 Å². The standard InChI is InChI=1S/C26H29N3O6S/c1-6-13-26(5)17-10-8-7-9-16(17)21(30)20(22(26)31)23-28-18-12-11-15(14-19(18)36(33,34)29-23)27-24(32)35-25(2,3)4/h7-12,14,20H,6,13H2,1-5H3,(H,27,32)(H,28,29). The summed E-state index contributed by atoms with van der Waals surface area (Å²) in [7, 11) is -4.28. The van der Waals surface area contributed by atoms with Crippen LogP contribution in [0.4, 0.5) is 16.2 Å². The minimum Gasteiger partial charge on any atom is -0.444 e. The van der Waals surface area contributed by atoms with E-state index in [1.807, 2.05) is 6.92 Å². The summed E-state index contributed by atoms with van der Waals surface area (Å²) < 4.78 is 35.3. The Morgan fingerprint density at radius 2 is 1.86 bits per heavy atom. The summed E-state index contributed by atoms with van der Waals surface area (Å²) in [6, 6.07) is 11.1. The molecule has 0 aromatic heterocycles. The number of fused-ring (bicyclic) bond motifs is 2. The lowest BCUT2D eigenvalue weighted by molar-refractivity contribution is -0.125. The molecule has 4 rings (SSSR count). The predicted octanol–water partition coefficient (Wildman–Crippen LogP) is 4.69. The number of nitrogens with zero attached hydrogens (tertiary/aromatic N) is 1. The van der Waals surface area contributed by atoms with Gasteiger partial charge in [-0.3, -0.25) is 14.9 Å². The van der Waals surface area contributed by atoms with Crippen LogP contribution in [0.2, 0.25) is 0 Å². The molecule has 2 aromatic carbocycles. The summed E-state index contributed by atoms with van der Waals surface area (Å²) in [5.74, 6) is -2.47. The SMILES string of the molecule is CCCC1(C)C(=O)C(C2=NS(=O)(=O)c3cc(NC(=O)OC(C)(C)C)ccc3N2)C(=O)c2ccccc21. The number of ketones is 2. The van der Waals surface area contributed by atoms with Gasteiger partial charge in [0, 0.05) is 11.3 Å². The second-order valence-electron chi connectivity index (χ2n) is 10.2. The number of benzene rings is 2. The highest BCUT2D eigenvalue weighted by atomic mass is 32.2. The molecule has 9 nitrogen and oxygen atoms in total. The zero-order valence-electron chi connectivity index (χ0n) is 20.8. The van der Waals surface area contributed by atoms with E-state index in [0.29, 0.717) is 24.0 Å². The first kappa shape index (κ1) is 25.6. The number of carbonyl (C=O) groups excluding carboxylic acids is 3. The van der Waals surface area contributed by atoms with Crippen molar-refractivity contribution in [1.29, 1.82) is 0 Å². The van der Waals surface area contributed by atoms with Gasteiger partial charge in [-0.25, -0.2) is 4.79 Å². The van der Waals surface area contributed by atoms with Gasteiger partial charge in [0.2, 0.25) is 0 Å². The fourth-order valence-corrected chi connectivity index (χ4v) is 5.90. The molecule has 0 fully saturated rings. The monoisotopic (exact) mass is 511 g/mol. The average Bonchev–Trinajstić information content (AvgIpc) is 2.77. The molecule has 0 saturated carbocycles. The number of rotatable bonds is 4. The smallest absolute Gasteiger partial charge is 0.412 e. The molecule has 1 aliphatic heterocycles. The largest absolute Gasteiger partial charge is 0.444 e. The molecule has 36 heavy (non-hydrogen) atoms. The maximum Gasteiger partial charge on any atom is 0.412 e. The number of sulfonamides is 1. The first-order valence-corrected chi connectivity index (χ1v) is 13.1. The topological polar surface area (TPSA) is 131 Å². The highest BCUT2D eigenvalue weighted by molar-refractivity contribution is 7.90. The summed E-state index contributed by atoms with van der Waals surface area (Å²) in [5.41, 5.74) is -0.292. The van der Waals surface area contributed by atoms with Crippen LogP contribution in [-0.2, 0) is 25.0 Å². The molecule has 10 heteroatoms. The Morgan fingerprint density at radius 1 is 1.17 bits per heavy atom. The number of ether oxygens (including phenoxy) is 1. The van der Waals surface area contributed by atoms with E-state index in [2.05, 4.69) is 15.0 Å². The molecular formula is C26H29N3O6S. The molecule has 2 unspecified atom stereocenters. The van der Waals surface area contributed by atoms with Crippen LogP contribution in [0.25, 0.3) is 0 Å². The van der Waals surface area contributed by atoms with E-state index in [0.717, 1.165) is 0 Å². The van der Waals surface area contributed by atoms with Gasteiger partial charge in [-0.15, -0.1) is 4.40 Å². The fourth-order valence-electron chi connectivity index (χ4n) is 4.71. The molecule has 0 spiro atoms. The molecule has 1 amide bonds. The lowest BCUT2D eigenvalue weighted by Crippen LogP contribution is -2.51. The third-order valence-corrected chi connectivity index (χ3v) is 7.60. The van der Waals surface area contributed by atoms with Crippen LogP contribution in [0, 0.1) is 5.92 Å². The second-order valence-corrected chi connectivity index (χ2v) is 11.8. The van der Waals surface area contributed by atoms with Gasteiger partial charge < -0.3 is 10.1 Å². The fraction of sp³-hybridized carbons (Fsp3) is 0.385. The Balaban J connectivity index is 1.71. The molecule has 2 atom stereocenters. The van der Waals surface area contributed by atoms with Gasteiger partial charge in [-0.05, 0) is 57.9 Å². The molecule has 2 aromatic rings. The van der Waals surface area contributed by atoms with Crippen molar-refractivity contribution < 1.29 is 27.5 Å². The molecule has 0 bridgehead atoms. The summed E-state index contributed by atoms with van der Waals surface area (Å²) >= 11 is 0. The van der Waals surface area contributed by atoms with Crippen molar-refractivity contribution in [3.8, 4) is 0 Å². The summed E-state index contributed by atoms with van der Waals surface area (Å²) in [6.45, 7) is 8.87. The Morgan fingerprint density at radius 3 is 2.53 bits per heavy atom. The first-order chi connectivity index (χ1) is 16.8. The van der Waals surface area contributed by atoms with Crippen molar-refractivity contribution >= 4 is 44.9 Å². The normalized spacial score (nSPS) is 22.6. The molecule has 2 N–H and O–H groups in total. The Bertz CT molecular complexity index is 1410. The Hall–Kier alpha value is -3.53. The van der Waals surface area contributed by atoms with E-state index in [1.165, 1.54) is 18.2 Å². The van der Waals surface area contributed by atoms with Crippen molar-refractivity contribution in [2.75, 3.05) is 10.6 Å². The number of hydrogen-bond acceptors (Lipinski definition) is 7. The van der Waals surface area contributed by atoms with Crippen molar-refractivity contribution in [2.24, 2.45) is 10.3 Å². The number of Topliss-reactive ketones (excluding diaryl/α,β-unsaturated/α-hetero) is 2. The second kappa shape index (κ2) is 8.85. The van der Waals surface area contributed by atoms with Gasteiger partial charge in [0.15, 0.2) is 11.6 Å². The third-order valence-electron chi connectivity index (χ3n) is 6.26. The summed E-state index contributed by atoms with van der Waals surface area (Å²) in [6.07, 6.45) is 0.467. The lowest BCUT2D eigenvalue weighted by Gasteiger charge is -2.38. The predicted molar refractivity (Wildman–Crippen MR) is 136 cm³/mol. The van der Waals surface area contributed by atoms with Crippen LogP contribution in [0.5, 0.6) is 0 Å². The van der Waals surface area contributed by atoms with E-state index >= 15 is 0 Å². The van der Waals surface area contributed by atoms with Crippen LogP contribution in [0.1, 0.15) is 63.4 Å². The number of amidine groups is 1. The van der Waals surface area contributed by atoms with Crippen molar-refractivity contribution in [3.05, 3.63) is 53.6 Å². The third kappa shape index (κ3) is 4.53. The Kier molecular flexibility index (Phi) is 6.28. The van der Waals surface area contributed by atoms with Crippen LogP contribution >= 0.6 is 0 Å². The summed E-state index contributed by atoms with van der Waals surface area (Å²) in [5, 5.41) is 5.40. The number of anilines is 2. The molecule has 0 radical (unpaired) electrons. The molecule has 2 aliphatic rings. The zero-order valence-corrected chi connectivity index (χ0v) is 21.7. The average molecular weight is 512 g/mol. The van der Waals surface area contributed by atoms with Crippen molar-refractivity contribution in [1.82, 2.24) is 0 Å². The quantitative estimate of drug-likeness (QED) is 0.570. The van der Waals surface area contributed by atoms with Gasteiger partial charge in [-0.2, -0.15) is 8.42 Å². The molecular weight excluding hydrogens is 482 g/mol. The van der Waals surface area contributed by atoms with E-state index in [1.54, 1.807) is 52.0 Å². The molecule has 0 saturated heterocycles. The first-order valence-electron chi connectivity index (χ1n) is 11.7. The molecule has 1 aliphatic carbocycles. The number of nitrogens with one attached hydrogen (secondary N) is 2. The maximum absolute atomic E-state index is 13.7. The zero-order chi connectivity index (χ0) is 26.5. The van der Waals surface area contributed by atoms with Crippen LogP contribution in [0.3, 0.4) is 0 Å². The molecule has 1 heterocycles. The van der Waals surface area contributed by atoms with E-state index in [4.69, 9.17) is 4.74 Å². The minimum atomic E-state index is -4.28. The number of carbonyl (C=O) groups is 3. The highest BCUT2D eigenvalue weighted by Gasteiger charge is 2.51. The van der Waals surface area contributed by atoms with Gasteiger partial charge in [0.25, 0.3) is 10.0 Å². The number of hydrogen-bond donors (Lipinski definition) is 2. The minimum absolute atomic E-state index is 0.159. The van der Waals surface area contributed by atoms with Gasteiger partial charge in [0.05, 0.1) is 11.1 Å². The number of amides is 1. The van der Waals surface area contributed by atoms with Crippen LogP contribution in [-0.4, -0.2) is 37.5 Å². The van der Waals surface area contributed by atoms with E-state index in [-0.39, 0.29) is 27.9 Å². The molecule has 190 valence electrons. The van der Waals surface area contributed by atoms with Crippen LogP contribution < -0.4 is 10.6 Å². The van der Waals surface area contributed by atoms with E-state index < -0.39 is 38.8 Å².